The maximum absolute atomic E-state index is 12.9. The molecule has 3 aromatic rings. The number of hydrogen-bond acceptors (Lipinski definition) is 7. The maximum Gasteiger partial charge on any atom is 0.325 e. The van der Waals surface area contributed by atoms with Crippen molar-refractivity contribution in [1.82, 2.24) is 9.97 Å². The molecule has 1 aromatic carbocycles. The van der Waals surface area contributed by atoms with Crippen LogP contribution in [-0.2, 0) is 11.2 Å². The zero-order valence-corrected chi connectivity index (χ0v) is 19.2. The molecule has 2 aromatic heterocycles. The molecule has 1 fully saturated rings. The fourth-order valence-electron chi connectivity index (χ4n) is 3.69. The van der Waals surface area contributed by atoms with E-state index in [0.29, 0.717) is 26.2 Å². The van der Waals surface area contributed by atoms with Gasteiger partial charge in [0.05, 0.1) is 22.0 Å². The molecule has 2 amide bonds. The van der Waals surface area contributed by atoms with Crippen LogP contribution >= 0.6 is 23.1 Å². The minimum absolute atomic E-state index is 0.000250. The van der Waals surface area contributed by atoms with Crippen molar-refractivity contribution in [2.24, 2.45) is 5.92 Å². The predicted molar refractivity (Wildman–Crippen MR) is 127 cm³/mol. The Balaban J connectivity index is 1.48. The van der Waals surface area contributed by atoms with E-state index in [-0.39, 0.29) is 23.3 Å². The van der Waals surface area contributed by atoms with Gasteiger partial charge in [-0.25, -0.2) is 14.8 Å². The van der Waals surface area contributed by atoms with Gasteiger partial charge in [-0.1, -0.05) is 54.1 Å². The first-order valence-electron chi connectivity index (χ1n) is 10.5. The molecule has 3 N–H and O–H groups in total. The number of aliphatic carboxylic acids is 1. The van der Waals surface area contributed by atoms with Gasteiger partial charge in [0.2, 0.25) is 0 Å². The number of carbonyl (C=O) groups excluding carboxylic acids is 2. The molecule has 1 aliphatic carbocycles. The Morgan fingerprint density at radius 3 is 2.55 bits per heavy atom. The lowest BCUT2D eigenvalue weighted by molar-refractivity contribution is -0.136. The van der Waals surface area contributed by atoms with Gasteiger partial charge in [-0.2, -0.15) is 0 Å². The van der Waals surface area contributed by atoms with Gasteiger partial charge in [0.1, 0.15) is 5.03 Å². The Morgan fingerprint density at radius 1 is 1.06 bits per heavy atom. The van der Waals surface area contributed by atoms with Crippen LogP contribution in [-0.4, -0.2) is 32.9 Å². The van der Waals surface area contributed by atoms with E-state index in [4.69, 9.17) is 0 Å². The van der Waals surface area contributed by atoms with Crippen LogP contribution in [0.4, 0.5) is 15.6 Å². The molecule has 33 heavy (non-hydrogen) atoms. The Hall–Kier alpha value is -3.24. The number of ketones is 1. The van der Waals surface area contributed by atoms with Crippen LogP contribution in [0.5, 0.6) is 0 Å². The van der Waals surface area contributed by atoms with Crippen molar-refractivity contribution < 1.29 is 19.5 Å². The fraction of sp³-hybridized carbons (Fsp3) is 0.261. The monoisotopic (exact) mass is 482 g/mol. The number of carbonyl (C=O) groups is 3. The number of nitrogens with zero attached hydrogens (tertiary/aromatic N) is 2. The first-order valence-corrected chi connectivity index (χ1v) is 12.1. The zero-order chi connectivity index (χ0) is 23.2. The van der Waals surface area contributed by atoms with Gasteiger partial charge in [0.15, 0.2) is 10.9 Å². The van der Waals surface area contributed by atoms with E-state index >= 15 is 0 Å². The molecule has 0 saturated heterocycles. The van der Waals surface area contributed by atoms with Gasteiger partial charge in [-0.05, 0) is 37.1 Å². The summed E-state index contributed by atoms with van der Waals surface area (Å²) in [5.41, 5.74) is 1.30. The normalized spacial score (nSPS) is 13.6. The number of anilines is 2. The topological polar surface area (TPSA) is 121 Å². The smallest absolute Gasteiger partial charge is 0.325 e. The second-order valence-electron chi connectivity index (χ2n) is 7.56. The largest absolute Gasteiger partial charge is 0.481 e. The number of Topliss-reactive ketones (excluding diaryl/α,β-unsaturated/α-hetero) is 1. The molecule has 0 atom stereocenters. The molecule has 1 aliphatic rings. The number of hydrogen-bond donors (Lipinski definition) is 3. The van der Waals surface area contributed by atoms with Crippen molar-refractivity contribution in [2.75, 3.05) is 10.6 Å². The number of rotatable bonds is 8. The fourth-order valence-corrected chi connectivity index (χ4v) is 5.75. The van der Waals surface area contributed by atoms with E-state index in [0.717, 1.165) is 25.7 Å². The van der Waals surface area contributed by atoms with Gasteiger partial charge in [-0.3, -0.25) is 14.9 Å². The summed E-state index contributed by atoms with van der Waals surface area (Å²) in [6.07, 6.45) is 5.23. The molecule has 170 valence electrons. The minimum atomic E-state index is -1.02. The summed E-state index contributed by atoms with van der Waals surface area (Å²) in [4.78, 5) is 45.4. The number of pyridine rings is 1. The number of carboxylic acid groups (broad SMARTS) is 1. The number of aromatic nitrogens is 2. The highest BCUT2D eigenvalue weighted by Crippen LogP contribution is 2.37. The molecule has 0 bridgehead atoms. The maximum atomic E-state index is 12.9. The number of amides is 2. The van der Waals surface area contributed by atoms with Crippen molar-refractivity contribution in [1.29, 1.82) is 0 Å². The quantitative estimate of drug-likeness (QED) is 0.371. The van der Waals surface area contributed by atoms with E-state index in [1.54, 1.807) is 36.5 Å². The summed E-state index contributed by atoms with van der Waals surface area (Å²) in [7, 11) is 0. The van der Waals surface area contributed by atoms with Crippen LogP contribution in [0.3, 0.4) is 0 Å². The number of thiazole rings is 1. The second kappa shape index (κ2) is 10.6. The lowest BCUT2D eigenvalue weighted by Gasteiger charge is -2.13. The number of urea groups is 1. The number of benzene rings is 1. The van der Waals surface area contributed by atoms with E-state index in [1.165, 1.54) is 23.1 Å². The highest BCUT2D eigenvalue weighted by molar-refractivity contribution is 8.01. The summed E-state index contributed by atoms with van der Waals surface area (Å²) < 4.78 is 0.642. The standard InChI is InChI=1S/C23H22N4O4S2/c28-19(29)13-17-21(32-18-11-5-6-12-24-18)33-23(26-17)27-22(31)25-16-10-4-3-9-15(16)20(30)14-7-1-2-8-14/h3-6,9-12,14H,1-2,7-8,13H2,(H,28,29)(H2,25,26,27,31). The summed E-state index contributed by atoms with van der Waals surface area (Å²) in [6, 6.07) is 11.9. The molecule has 8 nitrogen and oxygen atoms in total. The highest BCUT2D eigenvalue weighted by atomic mass is 32.2. The van der Waals surface area contributed by atoms with Crippen LogP contribution in [0.25, 0.3) is 0 Å². The van der Waals surface area contributed by atoms with E-state index in [1.807, 2.05) is 12.1 Å². The number of para-hydroxylation sites is 1. The van der Waals surface area contributed by atoms with E-state index < -0.39 is 12.0 Å². The average Bonchev–Trinajstić information content (AvgIpc) is 3.45. The summed E-state index contributed by atoms with van der Waals surface area (Å²) in [5.74, 6) is -0.964. The second-order valence-corrected chi connectivity index (χ2v) is 9.85. The van der Waals surface area contributed by atoms with Crippen LogP contribution < -0.4 is 10.6 Å². The molecule has 0 unspecified atom stereocenters. The first kappa shape index (κ1) is 22.9. The molecule has 2 heterocycles. The average molecular weight is 483 g/mol. The molecule has 0 radical (unpaired) electrons. The summed E-state index contributed by atoms with van der Waals surface area (Å²) >= 11 is 2.47. The van der Waals surface area contributed by atoms with Crippen molar-refractivity contribution >= 4 is 51.7 Å². The third-order valence-electron chi connectivity index (χ3n) is 5.20. The van der Waals surface area contributed by atoms with Crippen molar-refractivity contribution in [3.63, 3.8) is 0 Å². The highest BCUT2D eigenvalue weighted by Gasteiger charge is 2.26. The first-order chi connectivity index (χ1) is 16.0. The minimum Gasteiger partial charge on any atom is -0.481 e. The molecular weight excluding hydrogens is 460 g/mol. The third kappa shape index (κ3) is 5.96. The molecule has 1 saturated carbocycles. The Kier molecular flexibility index (Phi) is 7.36. The molecule has 10 heteroatoms. The Labute approximate surface area is 198 Å². The van der Waals surface area contributed by atoms with Crippen molar-refractivity contribution in [2.45, 2.75) is 41.3 Å². The van der Waals surface area contributed by atoms with Crippen molar-refractivity contribution in [3.05, 3.63) is 59.9 Å². The third-order valence-corrected chi connectivity index (χ3v) is 7.38. The van der Waals surface area contributed by atoms with Crippen LogP contribution in [0.2, 0.25) is 0 Å². The molecular formula is C23H22N4O4S2. The van der Waals surface area contributed by atoms with Crippen molar-refractivity contribution in [3.8, 4) is 0 Å². The predicted octanol–water partition coefficient (Wildman–Crippen LogP) is 5.33. The summed E-state index contributed by atoms with van der Waals surface area (Å²) in [6.45, 7) is 0. The van der Waals surface area contributed by atoms with Crippen LogP contribution in [0, 0.1) is 5.92 Å². The Bertz CT molecular complexity index is 1160. The molecule has 0 aliphatic heterocycles. The number of nitrogens with one attached hydrogen (secondary N) is 2. The van der Waals surface area contributed by atoms with Crippen LogP contribution in [0.15, 0.2) is 57.9 Å². The Morgan fingerprint density at radius 2 is 1.82 bits per heavy atom. The SMILES string of the molecule is O=C(O)Cc1nc(NC(=O)Nc2ccccc2C(=O)C2CCCC2)sc1Sc1ccccn1. The van der Waals surface area contributed by atoms with Gasteiger partial charge >= 0.3 is 12.0 Å². The van der Waals surface area contributed by atoms with Gasteiger partial charge in [0.25, 0.3) is 0 Å². The lowest BCUT2D eigenvalue weighted by atomic mass is 9.95. The zero-order valence-electron chi connectivity index (χ0n) is 17.6. The van der Waals surface area contributed by atoms with E-state index in [9.17, 15) is 19.5 Å². The van der Waals surface area contributed by atoms with Gasteiger partial charge in [0, 0.05) is 17.7 Å². The van der Waals surface area contributed by atoms with Crippen LogP contribution in [0.1, 0.15) is 41.7 Å². The molecule has 0 spiro atoms. The number of carboxylic acids is 1. The molecule has 4 rings (SSSR count). The van der Waals surface area contributed by atoms with Gasteiger partial charge in [-0.15, -0.1) is 0 Å². The van der Waals surface area contributed by atoms with E-state index in [2.05, 4.69) is 20.6 Å². The van der Waals surface area contributed by atoms with Gasteiger partial charge < -0.3 is 10.4 Å². The summed E-state index contributed by atoms with van der Waals surface area (Å²) in [5, 5.41) is 15.6. The lowest BCUT2D eigenvalue weighted by Crippen LogP contribution is -2.22.